The van der Waals surface area contributed by atoms with E-state index in [4.69, 9.17) is 4.98 Å². The van der Waals surface area contributed by atoms with E-state index in [2.05, 4.69) is 201 Å². The maximum Gasteiger partial charge on any atom is 0.0708 e. The number of rotatable bonds is 11. The predicted molar refractivity (Wildman–Crippen MR) is 224 cm³/mol. The van der Waals surface area contributed by atoms with Gasteiger partial charge in [-0.2, -0.15) is 0 Å². The van der Waals surface area contributed by atoms with Crippen molar-refractivity contribution < 1.29 is 0 Å². The van der Waals surface area contributed by atoms with Crippen LogP contribution in [0, 0.1) is 6.92 Å². The highest BCUT2D eigenvalue weighted by atomic mass is 14.7. The Morgan fingerprint density at radius 3 is 1.42 bits per heavy atom. The van der Waals surface area contributed by atoms with Gasteiger partial charge >= 0.3 is 0 Å². The van der Waals surface area contributed by atoms with Gasteiger partial charge in [-0.25, -0.2) is 0 Å². The van der Waals surface area contributed by atoms with E-state index in [0.717, 1.165) is 42.5 Å². The summed E-state index contributed by atoms with van der Waals surface area (Å²) in [6.07, 6.45) is 6.10. The molecule has 0 amide bonds. The van der Waals surface area contributed by atoms with Crippen LogP contribution < -0.4 is 0 Å². The van der Waals surface area contributed by atoms with Gasteiger partial charge in [-0.15, -0.1) is 0 Å². The van der Waals surface area contributed by atoms with E-state index in [-0.39, 0.29) is 0 Å². The molecule has 0 aliphatic rings. The third-order valence-electron chi connectivity index (χ3n) is 10.3. The van der Waals surface area contributed by atoms with Crippen LogP contribution in [0.3, 0.4) is 0 Å². The van der Waals surface area contributed by atoms with Crippen molar-refractivity contribution in [2.45, 2.75) is 32.6 Å². The average Bonchev–Trinajstić information content (AvgIpc) is 3.23. The third kappa shape index (κ3) is 7.96. The maximum atomic E-state index is 5.10. The molecule has 1 heterocycles. The Hall–Kier alpha value is -6.31. The summed E-state index contributed by atoms with van der Waals surface area (Å²) in [7, 11) is 0. The summed E-state index contributed by atoms with van der Waals surface area (Å²) in [5, 5.41) is 0. The fourth-order valence-electron chi connectivity index (χ4n) is 7.48. The lowest BCUT2D eigenvalue weighted by atomic mass is 9.86. The second-order valence-corrected chi connectivity index (χ2v) is 13.9. The monoisotopic (exact) mass is 681 g/mol. The van der Waals surface area contributed by atoms with Crippen LogP contribution in [0.5, 0.6) is 0 Å². The van der Waals surface area contributed by atoms with Crippen molar-refractivity contribution in [3.05, 3.63) is 222 Å². The molecule has 0 bridgehead atoms. The largest absolute Gasteiger partial charge is 0.256 e. The first-order chi connectivity index (χ1) is 26.2. The van der Waals surface area contributed by atoms with E-state index < -0.39 is 0 Å². The predicted octanol–water partition coefficient (Wildman–Crippen LogP) is 13.3. The lowest BCUT2D eigenvalue weighted by Crippen LogP contribution is -1.98. The molecule has 0 N–H and O–H groups in total. The van der Waals surface area contributed by atoms with Gasteiger partial charge in [0.25, 0.3) is 0 Å². The molecule has 8 aromatic rings. The molecule has 8 rings (SSSR count). The van der Waals surface area contributed by atoms with Crippen molar-refractivity contribution >= 4 is 0 Å². The molecule has 0 atom stereocenters. The summed E-state index contributed by atoms with van der Waals surface area (Å²) in [6, 6.07) is 68.1. The van der Waals surface area contributed by atoms with Gasteiger partial charge < -0.3 is 0 Å². The molecule has 7 aromatic carbocycles. The van der Waals surface area contributed by atoms with Crippen molar-refractivity contribution in [2.75, 3.05) is 0 Å². The van der Waals surface area contributed by atoms with Gasteiger partial charge in [0.05, 0.1) is 5.69 Å². The van der Waals surface area contributed by atoms with Gasteiger partial charge in [0.2, 0.25) is 0 Å². The number of benzene rings is 7. The zero-order valence-electron chi connectivity index (χ0n) is 30.3. The van der Waals surface area contributed by atoms with E-state index in [1.165, 1.54) is 66.8 Å². The number of pyridine rings is 1. The smallest absolute Gasteiger partial charge is 0.0708 e. The van der Waals surface area contributed by atoms with Crippen LogP contribution >= 0.6 is 0 Å². The molecule has 0 aliphatic heterocycles. The topological polar surface area (TPSA) is 12.9 Å². The van der Waals surface area contributed by atoms with Crippen molar-refractivity contribution in [2.24, 2.45) is 0 Å². The van der Waals surface area contributed by atoms with E-state index >= 15 is 0 Å². The van der Waals surface area contributed by atoms with Crippen LogP contribution in [-0.2, 0) is 25.7 Å². The number of nitrogens with zero attached hydrogens (tertiary/aromatic N) is 1. The van der Waals surface area contributed by atoms with Crippen LogP contribution in [0.2, 0.25) is 0 Å². The molecule has 1 aromatic heterocycles. The first kappa shape index (κ1) is 33.8. The molecule has 1 heteroatoms. The summed E-state index contributed by atoms with van der Waals surface area (Å²) in [4.78, 5) is 5.10. The van der Waals surface area contributed by atoms with E-state index in [0.29, 0.717) is 0 Å². The standard InChI is InChI=1S/C52H43N/c1-38-32-45(43-20-10-4-11-21-43)30-31-47(38)50-36-52(44-22-12-5-13-23-44)53-37-51(50)49-25-15-14-24-48(49)46-34-41(28-26-39-16-6-2-7-17-39)33-42(35-46)29-27-40-18-8-3-9-19-40/h2-25,30-37H,26-29H2,1H3. The van der Waals surface area contributed by atoms with E-state index in [9.17, 15) is 0 Å². The quantitative estimate of drug-likeness (QED) is 0.132. The number of hydrogen-bond acceptors (Lipinski definition) is 1. The Kier molecular flexibility index (Phi) is 10.2. The minimum Gasteiger partial charge on any atom is -0.256 e. The normalized spacial score (nSPS) is 11.0. The Morgan fingerprint density at radius 2 is 0.830 bits per heavy atom. The molecule has 0 aliphatic carbocycles. The lowest BCUT2D eigenvalue weighted by molar-refractivity contribution is 0.931. The Morgan fingerprint density at radius 1 is 0.321 bits per heavy atom. The zero-order chi connectivity index (χ0) is 35.8. The average molecular weight is 682 g/mol. The molecule has 256 valence electrons. The van der Waals surface area contributed by atoms with Crippen molar-refractivity contribution in [1.29, 1.82) is 0 Å². The minimum absolute atomic E-state index is 0.972. The van der Waals surface area contributed by atoms with Gasteiger partial charge in [-0.3, -0.25) is 4.98 Å². The Balaban J connectivity index is 1.24. The van der Waals surface area contributed by atoms with Gasteiger partial charge in [0, 0.05) is 17.3 Å². The van der Waals surface area contributed by atoms with E-state index in [1.807, 2.05) is 0 Å². The molecular weight excluding hydrogens is 639 g/mol. The first-order valence-electron chi connectivity index (χ1n) is 18.7. The SMILES string of the molecule is Cc1cc(-c2ccccc2)ccc1-c1cc(-c2ccccc2)ncc1-c1ccccc1-c1cc(CCc2ccccc2)cc(CCc2ccccc2)c1. The molecule has 0 unspecified atom stereocenters. The van der Waals surface area contributed by atoms with Crippen molar-refractivity contribution in [1.82, 2.24) is 4.98 Å². The highest BCUT2D eigenvalue weighted by Gasteiger charge is 2.17. The lowest BCUT2D eigenvalue weighted by Gasteiger charge is -2.19. The highest BCUT2D eigenvalue weighted by Crippen LogP contribution is 2.41. The van der Waals surface area contributed by atoms with E-state index in [1.54, 1.807) is 0 Å². The van der Waals surface area contributed by atoms with Gasteiger partial charge in [0.15, 0.2) is 0 Å². The summed E-state index contributed by atoms with van der Waals surface area (Å²) >= 11 is 0. The second kappa shape index (κ2) is 15.9. The molecule has 0 fully saturated rings. The first-order valence-corrected chi connectivity index (χ1v) is 18.7. The summed E-state index contributed by atoms with van der Waals surface area (Å²) in [5.41, 5.74) is 18.5. The molecule has 53 heavy (non-hydrogen) atoms. The summed E-state index contributed by atoms with van der Waals surface area (Å²) in [5.74, 6) is 0. The Labute approximate surface area is 314 Å². The zero-order valence-corrected chi connectivity index (χ0v) is 30.3. The van der Waals surface area contributed by atoms with Crippen LogP contribution in [0.25, 0.3) is 55.8 Å². The van der Waals surface area contributed by atoms with Crippen LogP contribution in [0.4, 0.5) is 0 Å². The number of hydrogen-bond donors (Lipinski definition) is 0. The maximum absolute atomic E-state index is 5.10. The second-order valence-electron chi connectivity index (χ2n) is 13.9. The summed E-state index contributed by atoms with van der Waals surface area (Å²) in [6.45, 7) is 2.23. The fourth-order valence-corrected chi connectivity index (χ4v) is 7.48. The molecule has 0 saturated carbocycles. The molecule has 0 spiro atoms. The minimum atomic E-state index is 0.972. The van der Waals surface area contributed by atoms with Gasteiger partial charge in [0.1, 0.15) is 0 Å². The molecule has 0 saturated heterocycles. The molecule has 0 radical (unpaired) electrons. The van der Waals surface area contributed by atoms with Crippen molar-refractivity contribution in [3.8, 4) is 55.8 Å². The van der Waals surface area contributed by atoms with Crippen molar-refractivity contribution in [3.63, 3.8) is 0 Å². The van der Waals surface area contributed by atoms with Crippen LogP contribution in [0.1, 0.15) is 27.8 Å². The number of aryl methyl sites for hydroxylation is 5. The van der Waals surface area contributed by atoms with Crippen LogP contribution in [0.15, 0.2) is 194 Å². The Bertz CT molecular complexity index is 2370. The third-order valence-corrected chi connectivity index (χ3v) is 10.3. The van der Waals surface area contributed by atoms with Crippen LogP contribution in [-0.4, -0.2) is 4.98 Å². The van der Waals surface area contributed by atoms with Gasteiger partial charge in [-0.1, -0.05) is 182 Å². The highest BCUT2D eigenvalue weighted by molar-refractivity contribution is 5.93. The molecular formula is C52H43N. The molecule has 1 nitrogen and oxygen atoms in total. The fraction of sp³-hybridized carbons (Fsp3) is 0.0962. The van der Waals surface area contributed by atoms with Gasteiger partial charge in [-0.05, 0) is 105 Å². The summed E-state index contributed by atoms with van der Waals surface area (Å²) < 4.78 is 0. The number of aromatic nitrogens is 1.